The van der Waals surface area contributed by atoms with Gasteiger partial charge in [0, 0.05) is 5.56 Å². The van der Waals surface area contributed by atoms with Crippen molar-refractivity contribution >= 4 is 5.78 Å². The van der Waals surface area contributed by atoms with Crippen molar-refractivity contribution in [1.82, 2.24) is 0 Å². The second kappa shape index (κ2) is 4.39. The van der Waals surface area contributed by atoms with Crippen molar-refractivity contribution in [3.8, 4) is 5.75 Å². The molecule has 1 fully saturated rings. The van der Waals surface area contributed by atoms with Crippen LogP contribution in [0.3, 0.4) is 0 Å². The van der Waals surface area contributed by atoms with Gasteiger partial charge < -0.3 is 9.47 Å². The Morgan fingerprint density at radius 3 is 2.28 bits per heavy atom. The summed E-state index contributed by atoms with van der Waals surface area (Å²) in [6.07, 6.45) is 0. The normalized spacial score (nSPS) is 17.2. The second-order valence-corrected chi connectivity index (χ2v) is 5.17. The van der Waals surface area contributed by atoms with Crippen LogP contribution in [0.2, 0.25) is 0 Å². The largest absolute Gasteiger partial charge is 0.496 e. The maximum absolute atomic E-state index is 12.0. The van der Waals surface area contributed by atoms with Crippen LogP contribution >= 0.6 is 0 Å². The average Bonchev–Trinajstić information content (AvgIpc) is 2.23. The van der Waals surface area contributed by atoms with E-state index in [-0.39, 0.29) is 5.78 Å². The van der Waals surface area contributed by atoms with Crippen molar-refractivity contribution < 1.29 is 14.3 Å². The Balaban J connectivity index is 2.70. The molecular formula is C15H20O3. The van der Waals surface area contributed by atoms with Crippen molar-refractivity contribution in [3.63, 3.8) is 0 Å². The summed E-state index contributed by atoms with van der Waals surface area (Å²) in [4.78, 5) is 12.0. The predicted octanol–water partition coefficient (Wildman–Crippen LogP) is 2.48. The first kappa shape index (κ1) is 13.1. The smallest absolute Gasteiger partial charge is 0.145 e. The highest BCUT2D eigenvalue weighted by molar-refractivity contribution is 5.91. The molecule has 1 aliphatic rings. The number of ether oxygens (including phenoxy) is 2. The van der Waals surface area contributed by atoms with E-state index in [2.05, 4.69) is 13.0 Å². The number of carbonyl (C=O) groups is 1. The molecule has 0 atom stereocenters. The van der Waals surface area contributed by atoms with Gasteiger partial charge in [0.15, 0.2) is 0 Å². The molecule has 1 aromatic carbocycles. The SMILES string of the molecule is COc1c(C)c(C)cc(C)c1C1(C(C)=O)COC1. The van der Waals surface area contributed by atoms with Gasteiger partial charge in [0.25, 0.3) is 0 Å². The van der Waals surface area contributed by atoms with Gasteiger partial charge >= 0.3 is 0 Å². The summed E-state index contributed by atoms with van der Waals surface area (Å²) in [6, 6.07) is 2.12. The zero-order valence-electron chi connectivity index (χ0n) is 11.7. The van der Waals surface area contributed by atoms with Crippen LogP contribution < -0.4 is 4.74 Å². The highest BCUT2D eigenvalue weighted by atomic mass is 16.5. The Labute approximate surface area is 108 Å². The third kappa shape index (κ3) is 1.65. The van der Waals surface area contributed by atoms with Crippen LogP contribution in [0.25, 0.3) is 0 Å². The molecule has 0 aromatic heterocycles. The van der Waals surface area contributed by atoms with Gasteiger partial charge in [-0.15, -0.1) is 0 Å². The van der Waals surface area contributed by atoms with E-state index in [1.165, 1.54) is 5.56 Å². The summed E-state index contributed by atoms with van der Waals surface area (Å²) in [5.74, 6) is 0.990. The van der Waals surface area contributed by atoms with Crippen LogP contribution in [-0.2, 0) is 14.9 Å². The quantitative estimate of drug-likeness (QED) is 0.824. The number of carbonyl (C=O) groups excluding carboxylic acids is 1. The van der Waals surface area contributed by atoms with E-state index in [1.54, 1.807) is 14.0 Å². The molecule has 2 rings (SSSR count). The molecule has 98 valence electrons. The number of ketones is 1. The Bertz CT molecular complexity index is 499. The second-order valence-electron chi connectivity index (χ2n) is 5.17. The molecular weight excluding hydrogens is 228 g/mol. The van der Waals surface area contributed by atoms with Crippen LogP contribution in [0.1, 0.15) is 29.2 Å². The van der Waals surface area contributed by atoms with E-state index in [1.807, 2.05) is 13.8 Å². The number of aryl methyl sites for hydroxylation is 2. The molecule has 1 aromatic rings. The standard InChI is InChI=1S/C15H20O3/c1-9-6-10(2)13(14(17-5)11(9)3)15(12(4)16)7-18-8-15/h6H,7-8H2,1-5H3. The number of benzene rings is 1. The molecule has 1 aliphatic heterocycles. The lowest BCUT2D eigenvalue weighted by molar-refractivity contribution is -0.140. The molecule has 0 bridgehead atoms. The van der Waals surface area contributed by atoms with Crippen molar-refractivity contribution in [2.75, 3.05) is 20.3 Å². The van der Waals surface area contributed by atoms with E-state index in [4.69, 9.17) is 9.47 Å². The zero-order chi connectivity index (χ0) is 13.5. The summed E-state index contributed by atoms with van der Waals surface area (Å²) < 4.78 is 10.9. The predicted molar refractivity (Wildman–Crippen MR) is 70.4 cm³/mol. The summed E-state index contributed by atoms with van der Waals surface area (Å²) in [7, 11) is 1.66. The van der Waals surface area contributed by atoms with Crippen LogP contribution in [0.4, 0.5) is 0 Å². The van der Waals surface area contributed by atoms with E-state index < -0.39 is 5.41 Å². The minimum atomic E-state index is -0.506. The molecule has 18 heavy (non-hydrogen) atoms. The van der Waals surface area contributed by atoms with Crippen molar-refractivity contribution in [2.45, 2.75) is 33.1 Å². The molecule has 0 N–H and O–H groups in total. The highest BCUT2D eigenvalue weighted by Gasteiger charge is 2.48. The summed E-state index contributed by atoms with van der Waals surface area (Å²) in [5, 5.41) is 0. The van der Waals surface area contributed by atoms with Gasteiger partial charge in [-0.1, -0.05) is 6.07 Å². The number of hydrogen-bond donors (Lipinski definition) is 0. The lowest BCUT2D eigenvalue weighted by atomic mass is 9.72. The summed E-state index contributed by atoms with van der Waals surface area (Å²) >= 11 is 0. The number of rotatable bonds is 3. The molecule has 3 heteroatoms. The monoisotopic (exact) mass is 248 g/mol. The van der Waals surface area contributed by atoms with Crippen LogP contribution in [-0.4, -0.2) is 26.1 Å². The molecule has 1 heterocycles. The minimum Gasteiger partial charge on any atom is -0.496 e. The van der Waals surface area contributed by atoms with Crippen molar-refractivity contribution in [2.24, 2.45) is 0 Å². The zero-order valence-corrected chi connectivity index (χ0v) is 11.7. The first-order valence-corrected chi connectivity index (χ1v) is 6.18. The van der Waals surface area contributed by atoms with Gasteiger partial charge in [0.1, 0.15) is 16.9 Å². The highest BCUT2D eigenvalue weighted by Crippen LogP contribution is 2.43. The molecule has 0 saturated carbocycles. The van der Waals surface area contributed by atoms with E-state index in [9.17, 15) is 4.79 Å². The minimum absolute atomic E-state index is 0.151. The molecule has 0 amide bonds. The van der Waals surface area contributed by atoms with Crippen LogP contribution in [0.15, 0.2) is 6.07 Å². The Morgan fingerprint density at radius 1 is 1.28 bits per heavy atom. The molecule has 0 unspecified atom stereocenters. The maximum Gasteiger partial charge on any atom is 0.145 e. The van der Waals surface area contributed by atoms with Gasteiger partial charge in [-0.3, -0.25) is 4.79 Å². The molecule has 0 spiro atoms. The van der Waals surface area contributed by atoms with Gasteiger partial charge in [0.2, 0.25) is 0 Å². The van der Waals surface area contributed by atoms with E-state index in [0.717, 1.165) is 22.4 Å². The van der Waals surface area contributed by atoms with Crippen molar-refractivity contribution in [1.29, 1.82) is 0 Å². The lowest BCUT2D eigenvalue weighted by Gasteiger charge is -2.41. The third-order valence-electron chi connectivity index (χ3n) is 4.04. The topological polar surface area (TPSA) is 35.5 Å². The summed E-state index contributed by atoms with van der Waals surface area (Å²) in [6.45, 7) is 8.69. The van der Waals surface area contributed by atoms with Gasteiger partial charge in [-0.05, 0) is 44.4 Å². The fourth-order valence-corrected chi connectivity index (χ4v) is 2.73. The van der Waals surface area contributed by atoms with E-state index >= 15 is 0 Å². The first-order chi connectivity index (χ1) is 8.44. The molecule has 0 radical (unpaired) electrons. The number of Topliss-reactive ketones (excluding diaryl/α,β-unsaturated/α-hetero) is 1. The lowest BCUT2D eigenvalue weighted by Crippen LogP contribution is -2.52. The maximum atomic E-state index is 12.0. The van der Waals surface area contributed by atoms with Crippen molar-refractivity contribution in [3.05, 3.63) is 28.3 Å². The van der Waals surface area contributed by atoms with Gasteiger partial charge in [0.05, 0.1) is 20.3 Å². The van der Waals surface area contributed by atoms with E-state index in [0.29, 0.717) is 13.2 Å². The molecule has 0 aliphatic carbocycles. The van der Waals surface area contributed by atoms with Gasteiger partial charge in [-0.2, -0.15) is 0 Å². The van der Waals surface area contributed by atoms with Crippen LogP contribution in [0.5, 0.6) is 5.75 Å². The Hall–Kier alpha value is -1.35. The fourth-order valence-electron chi connectivity index (χ4n) is 2.73. The first-order valence-electron chi connectivity index (χ1n) is 6.18. The average molecular weight is 248 g/mol. The fraction of sp³-hybridized carbons (Fsp3) is 0.533. The molecule has 3 nitrogen and oxygen atoms in total. The summed E-state index contributed by atoms with van der Waals surface area (Å²) in [5.41, 5.74) is 3.89. The molecule has 1 saturated heterocycles. The number of hydrogen-bond acceptors (Lipinski definition) is 3. The number of methoxy groups -OCH3 is 1. The van der Waals surface area contributed by atoms with Crippen LogP contribution in [0, 0.1) is 20.8 Å². The van der Waals surface area contributed by atoms with Gasteiger partial charge in [-0.25, -0.2) is 0 Å². The Kier molecular flexibility index (Phi) is 3.20. The Morgan fingerprint density at radius 2 is 1.89 bits per heavy atom. The third-order valence-corrected chi connectivity index (χ3v) is 4.04.